The van der Waals surface area contributed by atoms with Gasteiger partial charge >= 0.3 is 0 Å². The summed E-state index contributed by atoms with van der Waals surface area (Å²) in [7, 11) is 1.67. The SMILES string of the molecule is COC(C)CN1C(=O)C(C(C)C)NC1C. The highest BCUT2D eigenvalue weighted by molar-refractivity contribution is 5.84. The molecule has 0 bridgehead atoms. The summed E-state index contributed by atoms with van der Waals surface area (Å²) in [6.07, 6.45) is 0.201. The Morgan fingerprint density at radius 1 is 1.47 bits per heavy atom. The molecule has 0 aliphatic carbocycles. The van der Waals surface area contributed by atoms with Crippen LogP contribution in [0.2, 0.25) is 0 Å². The standard InChI is InChI=1S/C11H22N2O2/c1-7(2)10-11(14)13(9(4)12-10)6-8(3)15-5/h7-10,12H,6H2,1-5H3. The number of carbonyl (C=O) groups excluding carboxylic acids is 1. The molecule has 88 valence electrons. The van der Waals surface area contributed by atoms with E-state index in [4.69, 9.17) is 4.74 Å². The normalized spacial score (nSPS) is 28.9. The first-order valence-electron chi connectivity index (χ1n) is 5.56. The Kier molecular flexibility index (Phi) is 4.11. The zero-order valence-electron chi connectivity index (χ0n) is 10.3. The lowest BCUT2D eigenvalue weighted by atomic mass is 10.1. The fourth-order valence-electron chi connectivity index (χ4n) is 1.87. The van der Waals surface area contributed by atoms with Gasteiger partial charge in [0.15, 0.2) is 0 Å². The van der Waals surface area contributed by atoms with E-state index in [1.54, 1.807) is 7.11 Å². The number of methoxy groups -OCH3 is 1. The molecule has 3 unspecified atom stereocenters. The lowest BCUT2D eigenvalue weighted by molar-refractivity contribution is -0.132. The van der Waals surface area contributed by atoms with Gasteiger partial charge < -0.3 is 9.64 Å². The van der Waals surface area contributed by atoms with Crippen LogP contribution in [0.5, 0.6) is 0 Å². The molecule has 0 spiro atoms. The second-order valence-corrected chi connectivity index (χ2v) is 4.60. The van der Waals surface area contributed by atoms with Gasteiger partial charge in [0.05, 0.1) is 18.3 Å². The number of nitrogens with zero attached hydrogens (tertiary/aromatic N) is 1. The van der Waals surface area contributed by atoms with Crippen LogP contribution in [0.15, 0.2) is 0 Å². The van der Waals surface area contributed by atoms with Crippen LogP contribution in [0.25, 0.3) is 0 Å². The predicted octanol–water partition coefficient (Wildman–Crippen LogP) is 0.824. The highest BCUT2D eigenvalue weighted by atomic mass is 16.5. The fourth-order valence-corrected chi connectivity index (χ4v) is 1.87. The van der Waals surface area contributed by atoms with Crippen molar-refractivity contribution in [1.82, 2.24) is 10.2 Å². The van der Waals surface area contributed by atoms with Crippen LogP contribution < -0.4 is 5.32 Å². The van der Waals surface area contributed by atoms with Gasteiger partial charge in [-0.1, -0.05) is 13.8 Å². The summed E-state index contributed by atoms with van der Waals surface area (Å²) in [4.78, 5) is 13.9. The summed E-state index contributed by atoms with van der Waals surface area (Å²) in [6.45, 7) is 8.77. The second-order valence-electron chi connectivity index (χ2n) is 4.60. The van der Waals surface area contributed by atoms with Gasteiger partial charge in [-0.05, 0) is 19.8 Å². The Morgan fingerprint density at radius 2 is 2.07 bits per heavy atom. The second kappa shape index (κ2) is 4.94. The summed E-state index contributed by atoms with van der Waals surface area (Å²) in [5.74, 6) is 0.532. The molecule has 1 N–H and O–H groups in total. The number of carbonyl (C=O) groups is 1. The molecule has 0 saturated carbocycles. The molecule has 1 saturated heterocycles. The van der Waals surface area contributed by atoms with Crippen molar-refractivity contribution in [2.75, 3.05) is 13.7 Å². The number of amides is 1. The Balaban J connectivity index is 2.62. The van der Waals surface area contributed by atoms with Gasteiger partial charge in [-0.2, -0.15) is 0 Å². The quantitative estimate of drug-likeness (QED) is 0.753. The Morgan fingerprint density at radius 3 is 2.47 bits per heavy atom. The average Bonchev–Trinajstić information content (AvgIpc) is 2.45. The van der Waals surface area contributed by atoms with Gasteiger partial charge in [-0.25, -0.2) is 0 Å². The largest absolute Gasteiger partial charge is 0.380 e. The Bertz CT molecular complexity index is 231. The van der Waals surface area contributed by atoms with E-state index < -0.39 is 0 Å². The van der Waals surface area contributed by atoms with E-state index in [2.05, 4.69) is 19.2 Å². The summed E-state index contributed by atoms with van der Waals surface area (Å²) in [5.41, 5.74) is 0. The predicted molar refractivity (Wildman–Crippen MR) is 59.4 cm³/mol. The van der Waals surface area contributed by atoms with Crippen LogP contribution in [-0.2, 0) is 9.53 Å². The first kappa shape index (κ1) is 12.5. The lowest BCUT2D eigenvalue weighted by Crippen LogP contribution is -2.40. The summed E-state index contributed by atoms with van der Waals surface area (Å²) in [6, 6.07) is -0.0379. The molecule has 1 amide bonds. The minimum Gasteiger partial charge on any atom is -0.380 e. The maximum Gasteiger partial charge on any atom is 0.241 e. The van der Waals surface area contributed by atoms with E-state index in [1.165, 1.54) is 0 Å². The summed E-state index contributed by atoms with van der Waals surface area (Å²) >= 11 is 0. The number of rotatable bonds is 4. The molecule has 0 radical (unpaired) electrons. The smallest absolute Gasteiger partial charge is 0.241 e. The van der Waals surface area contributed by atoms with Gasteiger partial charge in [0.25, 0.3) is 0 Å². The molecular formula is C11H22N2O2. The van der Waals surface area contributed by atoms with Crippen LogP contribution in [-0.4, -0.2) is 42.8 Å². The van der Waals surface area contributed by atoms with E-state index in [1.807, 2.05) is 18.7 Å². The van der Waals surface area contributed by atoms with Crippen LogP contribution in [0.3, 0.4) is 0 Å². The van der Waals surface area contributed by atoms with E-state index >= 15 is 0 Å². The van der Waals surface area contributed by atoms with Gasteiger partial charge in [0.1, 0.15) is 0 Å². The number of ether oxygens (including phenoxy) is 1. The minimum atomic E-state index is -0.0379. The lowest BCUT2D eigenvalue weighted by Gasteiger charge is -2.23. The molecule has 3 atom stereocenters. The molecule has 0 aromatic heterocycles. The van der Waals surface area contributed by atoms with Crippen molar-refractivity contribution in [2.45, 2.75) is 46.0 Å². The number of nitrogens with one attached hydrogen (secondary N) is 1. The zero-order valence-corrected chi connectivity index (χ0v) is 10.3. The van der Waals surface area contributed by atoms with Crippen molar-refractivity contribution >= 4 is 5.91 Å². The van der Waals surface area contributed by atoms with Crippen LogP contribution in [0.4, 0.5) is 0 Å². The molecule has 1 heterocycles. The zero-order chi connectivity index (χ0) is 11.6. The Labute approximate surface area is 92.0 Å². The molecule has 1 aliphatic heterocycles. The maximum absolute atomic E-state index is 12.0. The number of hydrogen-bond acceptors (Lipinski definition) is 3. The first-order valence-corrected chi connectivity index (χ1v) is 5.56. The summed E-state index contributed by atoms with van der Waals surface area (Å²) < 4.78 is 5.18. The molecule has 1 fully saturated rings. The topological polar surface area (TPSA) is 41.6 Å². The molecule has 4 nitrogen and oxygen atoms in total. The maximum atomic E-state index is 12.0. The third kappa shape index (κ3) is 2.69. The molecule has 1 rings (SSSR count). The van der Waals surface area contributed by atoms with Crippen molar-refractivity contribution in [2.24, 2.45) is 5.92 Å². The highest BCUT2D eigenvalue weighted by Gasteiger charge is 2.38. The van der Waals surface area contributed by atoms with Crippen molar-refractivity contribution < 1.29 is 9.53 Å². The monoisotopic (exact) mass is 214 g/mol. The fraction of sp³-hybridized carbons (Fsp3) is 0.909. The number of hydrogen-bond donors (Lipinski definition) is 1. The minimum absolute atomic E-state index is 0.0379. The molecule has 0 aromatic carbocycles. The van der Waals surface area contributed by atoms with E-state index in [-0.39, 0.29) is 24.2 Å². The van der Waals surface area contributed by atoms with Gasteiger partial charge in [-0.15, -0.1) is 0 Å². The molecule has 1 aliphatic rings. The Hall–Kier alpha value is -0.610. The molecule has 15 heavy (non-hydrogen) atoms. The highest BCUT2D eigenvalue weighted by Crippen LogP contribution is 2.17. The van der Waals surface area contributed by atoms with E-state index in [0.717, 1.165) is 0 Å². The van der Waals surface area contributed by atoms with E-state index in [0.29, 0.717) is 12.5 Å². The van der Waals surface area contributed by atoms with E-state index in [9.17, 15) is 4.79 Å². The van der Waals surface area contributed by atoms with Gasteiger partial charge in [0, 0.05) is 13.7 Å². The average molecular weight is 214 g/mol. The van der Waals surface area contributed by atoms with Crippen LogP contribution in [0.1, 0.15) is 27.7 Å². The third-order valence-corrected chi connectivity index (χ3v) is 2.96. The van der Waals surface area contributed by atoms with Gasteiger partial charge in [0.2, 0.25) is 5.91 Å². The van der Waals surface area contributed by atoms with Crippen molar-refractivity contribution in [3.63, 3.8) is 0 Å². The molecule has 0 aromatic rings. The van der Waals surface area contributed by atoms with Crippen LogP contribution >= 0.6 is 0 Å². The van der Waals surface area contributed by atoms with Crippen LogP contribution in [0, 0.1) is 5.92 Å². The van der Waals surface area contributed by atoms with Crippen molar-refractivity contribution in [3.05, 3.63) is 0 Å². The molecular weight excluding hydrogens is 192 g/mol. The van der Waals surface area contributed by atoms with Crippen molar-refractivity contribution in [1.29, 1.82) is 0 Å². The molecule has 4 heteroatoms. The van der Waals surface area contributed by atoms with Gasteiger partial charge in [-0.3, -0.25) is 10.1 Å². The van der Waals surface area contributed by atoms with Crippen molar-refractivity contribution in [3.8, 4) is 0 Å². The third-order valence-electron chi connectivity index (χ3n) is 2.96. The summed E-state index contributed by atoms with van der Waals surface area (Å²) in [5, 5.41) is 3.30. The first-order chi connectivity index (χ1) is 6.97.